The summed E-state index contributed by atoms with van der Waals surface area (Å²) in [5.74, 6) is 1.04. The molecule has 0 amide bonds. The van der Waals surface area contributed by atoms with Crippen molar-refractivity contribution in [2.45, 2.75) is 58.1 Å². The van der Waals surface area contributed by atoms with Gasteiger partial charge in [-0.1, -0.05) is 31.7 Å². The molecule has 1 aliphatic carbocycles. The average Bonchev–Trinajstić information content (AvgIpc) is 2.66. The summed E-state index contributed by atoms with van der Waals surface area (Å²) in [6, 6.07) is 4.65. The van der Waals surface area contributed by atoms with E-state index in [1.165, 1.54) is 38.5 Å². The van der Waals surface area contributed by atoms with Gasteiger partial charge in [0.05, 0.1) is 6.61 Å². The van der Waals surface area contributed by atoms with E-state index in [1.54, 1.807) is 0 Å². The lowest BCUT2D eigenvalue weighted by molar-refractivity contribution is 0.280. The molecule has 1 heterocycles. The van der Waals surface area contributed by atoms with E-state index in [2.05, 4.69) is 16.9 Å². The second-order valence-corrected chi connectivity index (χ2v) is 5.33. The summed E-state index contributed by atoms with van der Waals surface area (Å²) in [7, 11) is 2.15. The largest absolute Gasteiger partial charge is 0.392 e. The van der Waals surface area contributed by atoms with E-state index >= 15 is 0 Å². The first-order valence-electron chi connectivity index (χ1n) is 7.02. The Morgan fingerprint density at radius 3 is 2.44 bits per heavy atom. The SMILES string of the molecule is Cc1nc(N(C)C2CCCCCC2)ccc1CO. The van der Waals surface area contributed by atoms with Crippen molar-refractivity contribution < 1.29 is 5.11 Å². The molecule has 1 fully saturated rings. The number of anilines is 1. The molecule has 2 rings (SSSR count). The summed E-state index contributed by atoms with van der Waals surface area (Å²) in [4.78, 5) is 6.93. The van der Waals surface area contributed by atoms with E-state index in [9.17, 15) is 5.11 Å². The molecule has 1 N–H and O–H groups in total. The minimum atomic E-state index is 0.0757. The lowest BCUT2D eigenvalue weighted by Gasteiger charge is -2.28. The van der Waals surface area contributed by atoms with Crippen LogP contribution in [-0.4, -0.2) is 23.2 Å². The molecule has 18 heavy (non-hydrogen) atoms. The maximum Gasteiger partial charge on any atom is 0.128 e. The Bertz CT molecular complexity index is 384. The fourth-order valence-electron chi connectivity index (χ4n) is 2.77. The van der Waals surface area contributed by atoms with Gasteiger partial charge in [-0.05, 0) is 31.4 Å². The first-order chi connectivity index (χ1) is 8.72. The summed E-state index contributed by atoms with van der Waals surface area (Å²) in [5.41, 5.74) is 1.86. The smallest absolute Gasteiger partial charge is 0.128 e. The number of pyridine rings is 1. The van der Waals surface area contributed by atoms with Crippen molar-refractivity contribution in [2.75, 3.05) is 11.9 Å². The van der Waals surface area contributed by atoms with E-state index in [0.717, 1.165) is 17.1 Å². The fraction of sp³-hybridized carbons (Fsp3) is 0.667. The van der Waals surface area contributed by atoms with E-state index in [0.29, 0.717) is 6.04 Å². The first-order valence-corrected chi connectivity index (χ1v) is 7.02. The van der Waals surface area contributed by atoms with Crippen LogP contribution in [0, 0.1) is 6.92 Å². The Kier molecular flexibility index (Phi) is 4.59. The number of aromatic nitrogens is 1. The first kappa shape index (κ1) is 13.3. The number of hydrogen-bond acceptors (Lipinski definition) is 3. The van der Waals surface area contributed by atoms with Crippen LogP contribution in [0.1, 0.15) is 49.8 Å². The highest BCUT2D eigenvalue weighted by Gasteiger charge is 2.18. The van der Waals surface area contributed by atoms with Gasteiger partial charge < -0.3 is 10.0 Å². The predicted molar refractivity (Wildman–Crippen MR) is 74.8 cm³/mol. The third-order valence-corrected chi connectivity index (χ3v) is 4.08. The van der Waals surface area contributed by atoms with Crippen molar-refractivity contribution in [3.63, 3.8) is 0 Å². The molecule has 1 aromatic heterocycles. The zero-order chi connectivity index (χ0) is 13.0. The fourth-order valence-corrected chi connectivity index (χ4v) is 2.77. The molecule has 3 nitrogen and oxygen atoms in total. The van der Waals surface area contributed by atoms with Crippen LogP contribution in [0.4, 0.5) is 5.82 Å². The Labute approximate surface area is 110 Å². The topological polar surface area (TPSA) is 36.4 Å². The number of rotatable bonds is 3. The number of hydrogen-bond donors (Lipinski definition) is 1. The van der Waals surface area contributed by atoms with Crippen LogP contribution < -0.4 is 4.90 Å². The summed E-state index contributed by atoms with van der Waals surface area (Å²) in [6.07, 6.45) is 7.98. The third kappa shape index (κ3) is 3.02. The van der Waals surface area contributed by atoms with E-state index in [4.69, 9.17) is 0 Å². The van der Waals surface area contributed by atoms with Crippen LogP contribution >= 0.6 is 0 Å². The third-order valence-electron chi connectivity index (χ3n) is 4.08. The minimum absolute atomic E-state index is 0.0757. The molecule has 0 aliphatic heterocycles. The van der Waals surface area contributed by atoms with Gasteiger partial charge in [0.15, 0.2) is 0 Å². The van der Waals surface area contributed by atoms with Gasteiger partial charge in [-0.15, -0.1) is 0 Å². The van der Waals surface area contributed by atoms with Gasteiger partial charge in [0.2, 0.25) is 0 Å². The molecule has 0 unspecified atom stereocenters. The molecule has 1 aliphatic rings. The summed E-state index contributed by atoms with van der Waals surface area (Å²) in [6.45, 7) is 2.04. The number of aliphatic hydroxyl groups is 1. The lowest BCUT2D eigenvalue weighted by atomic mass is 10.1. The van der Waals surface area contributed by atoms with Crippen molar-refractivity contribution in [1.82, 2.24) is 4.98 Å². The molecule has 0 spiro atoms. The van der Waals surface area contributed by atoms with Crippen molar-refractivity contribution in [2.24, 2.45) is 0 Å². The number of nitrogens with zero attached hydrogens (tertiary/aromatic N) is 2. The van der Waals surface area contributed by atoms with Gasteiger partial charge in [-0.25, -0.2) is 4.98 Å². The highest BCUT2D eigenvalue weighted by Crippen LogP contribution is 2.25. The van der Waals surface area contributed by atoms with E-state index in [-0.39, 0.29) is 6.61 Å². The molecular weight excluding hydrogens is 224 g/mol. The van der Waals surface area contributed by atoms with Crippen LogP contribution in [-0.2, 0) is 6.61 Å². The predicted octanol–water partition coefficient (Wildman–Crippen LogP) is 3.04. The normalized spacial score (nSPS) is 17.5. The minimum Gasteiger partial charge on any atom is -0.392 e. The van der Waals surface area contributed by atoms with Crippen molar-refractivity contribution in [3.8, 4) is 0 Å². The second-order valence-electron chi connectivity index (χ2n) is 5.33. The van der Waals surface area contributed by atoms with Crippen LogP contribution in [0.3, 0.4) is 0 Å². The Hall–Kier alpha value is -1.09. The summed E-state index contributed by atoms with van der Waals surface area (Å²) < 4.78 is 0. The van der Waals surface area contributed by atoms with Crippen molar-refractivity contribution >= 4 is 5.82 Å². The molecule has 1 saturated carbocycles. The van der Waals surface area contributed by atoms with E-state index in [1.807, 2.05) is 19.1 Å². The van der Waals surface area contributed by atoms with Crippen molar-refractivity contribution in [3.05, 3.63) is 23.4 Å². The zero-order valence-corrected chi connectivity index (χ0v) is 11.5. The molecule has 0 aromatic carbocycles. The molecule has 0 bridgehead atoms. The Morgan fingerprint density at radius 1 is 1.22 bits per heavy atom. The van der Waals surface area contributed by atoms with Gasteiger partial charge in [0, 0.05) is 18.8 Å². The Morgan fingerprint density at radius 2 is 1.89 bits per heavy atom. The van der Waals surface area contributed by atoms with Crippen LogP contribution in [0.5, 0.6) is 0 Å². The van der Waals surface area contributed by atoms with Gasteiger partial charge >= 0.3 is 0 Å². The molecule has 0 atom stereocenters. The summed E-state index contributed by atoms with van der Waals surface area (Å²) >= 11 is 0. The molecular formula is C15H24N2O. The highest BCUT2D eigenvalue weighted by molar-refractivity contribution is 5.41. The summed E-state index contributed by atoms with van der Waals surface area (Å²) in [5, 5.41) is 9.18. The molecule has 1 aromatic rings. The molecule has 3 heteroatoms. The van der Waals surface area contributed by atoms with E-state index < -0.39 is 0 Å². The maximum atomic E-state index is 9.18. The zero-order valence-electron chi connectivity index (χ0n) is 11.5. The quantitative estimate of drug-likeness (QED) is 0.835. The molecule has 100 valence electrons. The number of aryl methyl sites for hydroxylation is 1. The molecule has 0 saturated heterocycles. The van der Waals surface area contributed by atoms with Crippen molar-refractivity contribution in [1.29, 1.82) is 0 Å². The van der Waals surface area contributed by atoms with Crippen LogP contribution in [0.15, 0.2) is 12.1 Å². The average molecular weight is 248 g/mol. The number of aliphatic hydroxyl groups excluding tert-OH is 1. The van der Waals surface area contributed by atoms with Gasteiger partial charge in [0.25, 0.3) is 0 Å². The van der Waals surface area contributed by atoms with Crippen LogP contribution in [0.2, 0.25) is 0 Å². The van der Waals surface area contributed by atoms with Gasteiger partial charge in [0.1, 0.15) is 5.82 Å². The lowest BCUT2D eigenvalue weighted by Crippen LogP contribution is -2.31. The standard InChI is InChI=1S/C15H24N2O/c1-12-13(11-18)9-10-15(16-12)17(2)14-7-5-3-4-6-8-14/h9-10,14,18H,3-8,11H2,1-2H3. The second kappa shape index (κ2) is 6.19. The molecule has 0 radical (unpaired) electrons. The highest BCUT2D eigenvalue weighted by atomic mass is 16.3. The van der Waals surface area contributed by atoms with Gasteiger partial charge in [-0.3, -0.25) is 0 Å². The maximum absolute atomic E-state index is 9.18. The monoisotopic (exact) mass is 248 g/mol. The van der Waals surface area contributed by atoms with Gasteiger partial charge in [-0.2, -0.15) is 0 Å². The van der Waals surface area contributed by atoms with Crippen LogP contribution in [0.25, 0.3) is 0 Å². The Balaban J connectivity index is 2.11.